The summed E-state index contributed by atoms with van der Waals surface area (Å²) in [6.45, 7) is 4.44. The molecule has 6 heteroatoms. The zero-order valence-electron chi connectivity index (χ0n) is 13.3. The number of rotatable bonds is 3. The summed E-state index contributed by atoms with van der Waals surface area (Å²) in [6, 6.07) is 0.121. The van der Waals surface area contributed by atoms with Crippen molar-refractivity contribution in [2.75, 3.05) is 19.7 Å². The van der Waals surface area contributed by atoms with Crippen LogP contribution in [0.1, 0.15) is 50.8 Å². The van der Waals surface area contributed by atoms with Crippen LogP contribution in [0.4, 0.5) is 4.79 Å². The van der Waals surface area contributed by atoms with Gasteiger partial charge in [-0.15, -0.1) is 0 Å². The predicted octanol–water partition coefficient (Wildman–Crippen LogP) is 2.26. The summed E-state index contributed by atoms with van der Waals surface area (Å²) >= 11 is 0. The number of aromatic nitrogens is 2. The molecule has 122 valence electrons. The zero-order valence-corrected chi connectivity index (χ0v) is 13.3. The number of hydrogen-bond donors (Lipinski definition) is 2. The molecule has 2 aliphatic heterocycles. The highest BCUT2D eigenvalue weighted by Crippen LogP contribution is 2.25. The summed E-state index contributed by atoms with van der Waals surface area (Å²) < 4.78 is 5.75. The normalized spacial score (nSPS) is 25.0. The maximum Gasteiger partial charge on any atom is 0.317 e. The second kappa shape index (κ2) is 7.13. The SMILES string of the molecule is CC(NC(=O)N1CCC(c2ncc[nH]2)CC1)C1CCCCO1. The number of aromatic amines is 1. The molecule has 22 heavy (non-hydrogen) atoms. The van der Waals surface area contributed by atoms with Crippen molar-refractivity contribution in [1.29, 1.82) is 0 Å². The van der Waals surface area contributed by atoms with Crippen molar-refractivity contribution < 1.29 is 9.53 Å². The first kappa shape index (κ1) is 15.3. The topological polar surface area (TPSA) is 70.2 Å². The third-order valence-corrected chi connectivity index (χ3v) is 4.81. The first-order chi connectivity index (χ1) is 10.7. The molecular weight excluding hydrogens is 280 g/mol. The lowest BCUT2D eigenvalue weighted by atomic mass is 9.96. The zero-order chi connectivity index (χ0) is 15.4. The highest BCUT2D eigenvalue weighted by molar-refractivity contribution is 5.74. The molecule has 2 saturated heterocycles. The van der Waals surface area contributed by atoms with Gasteiger partial charge in [-0.05, 0) is 39.0 Å². The molecule has 0 saturated carbocycles. The van der Waals surface area contributed by atoms with Gasteiger partial charge in [-0.3, -0.25) is 0 Å². The number of carbonyl (C=O) groups is 1. The Morgan fingerprint density at radius 1 is 1.41 bits per heavy atom. The number of nitrogens with zero attached hydrogens (tertiary/aromatic N) is 2. The molecule has 6 nitrogen and oxygen atoms in total. The molecular formula is C16H26N4O2. The maximum absolute atomic E-state index is 12.4. The molecule has 0 radical (unpaired) electrons. The van der Waals surface area contributed by atoms with Crippen LogP contribution in [-0.4, -0.2) is 52.7 Å². The predicted molar refractivity (Wildman–Crippen MR) is 83.7 cm³/mol. The number of urea groups is 1. The van der Waals surface area contributed by atoms with Crippen LogP contribution >= 0.6 is 0 Å². The van der Waals surface area contributed by atoms with Gasteiger partial charge < -0.3 is 19.9 Å². The van der Waals surface area contributed by atoms with Crippen molar-refractivity contribution in [2.24, 2.45) is 0 Å². The summed E-state index contributed by atoms with van der Waals surface area (Å²) in [6.07, 6.45) is 9.13. The summed E-state index contributed by atoms with van der Waals surface area (Å²) in [5, 5.41) is 3.11. The van der Waals surface area contributed by atoms with E-state index in [9.17, 15) is 4.79 Å². The smallest absolute Gasteiger partial charge is 0.317 e. The van der Waals surface area contributed by atoms with Crippen LogP contribution in [-0.2, 0) is 4.74 Å². The van der Waals surface area contributed by atoms with E-state index in [1.54, 1.807) is 6.20 Å². The number of likely N-dealkylation sites (tertiary alicyclic amines) is 1. The van der Waals surface area contributed by atoms with Gasteiger partial charge >= 0.3 is 6.03 Å². The number of piperidine rings is 1. The van der Waals surface area contributed by atoms with Crippen LogP contribution in [0.15, 0.2) is 12.4 Å². The van der Waals surface area contributed by atoms with E-state index in [2.05, 4.69) is 15.3 Å². The summed E-state index contributed by atoms with van der Waals surface area (Å²) in [5.74, 6) is 1.49. The van der Waals surface area contributed by atoms with Crippen molar-refractivity contribution in [3.05, 3.63) is 18.2 Å². The van der Waals surface area contributed by atoms with E-state index in [1.165, 1.54) is 6.42 Å². The lowest BCUT2D eigenvalue weighted by molar-refractivity contribution is -0.00245. The van der Waals surface area contributed by atoms with Crippen LogP contribution < -0.4 is 5.32 Å². The number of amides is 2. The van der Waals surface area contributed by atoms with Gasteiger partial charge in [0, 0.05) is 38.0 Å². The Hall–Kier alpha value is -1.56. The second-order valence-corrected chi connectivity index (χ2v) is 6.38. The molecule has 1 aromatic heterocycles. The van der Waals surface area contributed by atoms with Crippen molar-refractivity contribution in [1.82, 2.24) is 20.2 Å². The first-order valence-electron chi connectivity index (χ1n) is 8.40. The fraction of sp³-hybridized carbons (Fsp3) is 0.750. The van der Waals surface area contributed by atoms with E-state index in [4.69, 9.17) is 4.74 Å². The van der Waals surface area contributed by atoms with Crippen LogP contribution in [0.2, 0.25) is 0 Å². The molecule has 2 aliphatic rings. The number of carbonyl (C=O) groups excluding carboxylic acids is 1. The van der Waals surface area contributed by atoms with E-state index in [1.807, 2.05) is 18.0 Å². The molecule has 2 unspecified atom stereocenters. The van der Waals surface area contributed by atoms with Gasteiger partial charge in [-0.1, -0.05) is 0 Å². The summed E-state index contributed by atoms with van der Waals surface area (Å²) in [4.78, 5) is 21.8. The Morgan fingerprint density at radius 2 is 2.23 bits per heavy atom. The minimum atomic E-state index is 0.0413. The molecule has 2 amide bonds. The first-order valence-corrected chi connectivity index (χ1v) is 8.40. The van der Waals surface area contributed by atoms with Gasteiger partial charge in [-0.25, -0.2) is 9.78 Å². The van der Waals surface area contributed by atoms with Crippen molar-refractivity contribution in [3.8, 4) is 0 Å². The Labute approximate surface area is 131 Å². The number of hydrogen-bond acceptors (Lipinski definition) is 3. The molecule has 0 aromatic carbocycles. The van der Waals surface area contributed by atoms with Gasteiger partial charge in [0.25, 0.3) is 0 Å². The lowest BCUT2D eigenvalue weighted by Crippen LogP contribution is -2.51. The van der Waals surface area contributed by atoms with Gasteiger partial charge in [-0.2, -0.15) is 0 Å². The standard InChI is InChI=1S/C16H26N4O2/c1-12(14-4-2-3-11-22-14)19-16(21)20-9-5-13(6-10-20)15-17-7-8-18-15/h7-8,12-14H,2-6,9-11H2,1H3,(H,17,18)(H,19,21). The van der Waals surface area contributed by atoms with E-state index in [0.29, 0.717) is 5.92 Å². The minimum absolute atomic E-state index is 0.0413. The van der Waals surface area contributed by atoms with Crippen molar-refractivity contribution >= 4 is 6.03 Å². The summed E-state index contributed by atoms with van der Waals surface area (Å²) in [7, 11) is 0. The van der Waals surface area contributed by atoms with Gasteiger partial charge in [0.05, 0.1) is 12.1 Å². The van der Waals surface area contributed by atoms with E-state index in [0.717, 1.165) is 51.2 Å². The Morgan fingerprint density at radius 3 is 2.86 bits per heavy atom. The van der Waals surface area contributed by atoms with Gasteiger partial charge in [0.15, 0.2) is 0 Å². The molecule has 0 spiro atoms. The Bertz CT molecular complexity index is 463. The van der Waals surface area contributed by atoms with Crippen molar-refractivity contribution in [3.63, 3.8) is 0 Å². The fourth-order valence-electron chi connectivity index (χ4n) is 3.40. The third kappa shape index (κ3) is 3.61. The molecule has 3 heterocycles. The summed E-state index contributed by atoms with van der Waals surface area (Å²) in [5.41, 5.74) is 0. The average molecular weight is 306 g/mol. The molecule has 2 atom stereocenters. The molecule has 3 rings (SSSR count). The Balaban J connectivity index is 1.45. The Kier molecular flexibility index (Phi) is 4.97. The molecule has 2 N–H and O–H groups in total. The second-order valence-electron chi connectivity index (χ2n) is 6.38. The largest absolute Gasteiger partial charge is 0.376 e. The average Bonchev–Trinajstić information content (AvgIpc) is 3.10. The van der Waals surface area contributed by atoms with Gasteiger partial charge in [0.1, 0.15) is 5.82 Å². The number of nitrogens with one attached hydrogen (secondary N) is 2. The van der Waals surface area contributed by atoms with E-state index >= 15 is 0 Å². The number of ether oxygens (including phenoxy) is 1. The fourth-order valence-corrected chi connectivity index (χ4v) is 3.40. The van der Waals surface area contributed by atoms with Crippen LogP contribution in [0.25, 0.3) is 0 Å². The maximum atomic E-state index is 12.4. The minimum Gasteiger partial charge on any atom is -0.376 e. The highest BCUT2D eigenvalue weighted by Gasteiger charge is 2.28. The molecule has 2 fully saturated rings. The lowest BCUT2D eigenvalue weighted by Gasteiger charge is -2.34. The van der Waals surface area contributed by atoms with Crippen LogP contribution in [0.5, 0.6) is 0 Å². The van der Waals surface area contributed by atoms with E-state index in [-0.39, 0.29) is 18.2 Å². The molecule has 0 aliphatic carbocycles. The monoisotopic (exact) mass is 306 g/mol. The number of H-pyrrole nitrogens is 1. The van der Waals surface area contributed by atoms with E-state index < -0.39 is 0 Å². The molecule has 1 aromatic rings. The van der Waals surface area contributed by atoms with Gasteiger partial charge in [0.2, 0.25) is 0 Å². The highest BCUT2D eigenvalue weighted by atomic mass is 16.5. The van der Waals surface area contributed by atoms with Crippen LogP contribution in [0, 0.1) is 0 Å². The quantitative estimate of drug-likeness (QED) is 0.900. The molecule has 0 bridgehead atoms. The number of imidazole rings is 1. The third-order valence-electron chi connectivity index (χ3n) is 4.81. The van der Waals surface area contributed by atoms with Crippen molar-refractivity contribution in [2.45, 2.75) is 57.1 Å². The van der Waals surface area contributed by atoms with Crippen LogP contribution in [0.3, 0.4) is 0 Å².